The standard InChI is InChI=1S/C14H26N2O/c1-10-3-4-12(7-11(10)2)17-9-14(5-6-14)8-13(15)16/h10-12H,3-9H2,1-2H3,(H3,15,16). The summed E-state index contributed by atoms with van der Waals surface area (Å²) >= 11 is 0. The van der Waals surface area contributed by atoms with Crippen molar-refractivity contribution in [3.8, 4) is 0 Å². The normalized spacial score (nSPS) is 35.5. The first-order chi connectivity index (χ1) is 8.01. The third-order valence-electron chi connectivity index (χ3n) is 4.70. The predicted molar refractivity (Wildman–Crippen MR) is 70.1 cm³/mol. The van der Waals surface area contributed by atoms with Crippen molar-refractivity contribution < 1.29 is 4.74 Å². The number of hydrogen-bond acceptors (Lipinski definition) is 2. The molecule has 3 heteroatoms. The van der Waals surface area contributed by atoms with Crippen LogP contribution in [-0.2, 0) is 4.74 Å². The lowest BCUT2D eigenvalue weighted by atomic mass is 9.80. The van der Waals surface area contributed by atoms with Gasteiger partial charge in [0.1, 0.15) is 0 Å². The van der Waals surface area contributed by atoms with E-state index in [0.29, 0.717) is 11.9 Å². The molecule has 2 rings (SSSR count). The molecule has 2 saturated carbocycles. The van der Waals surface area contributed by atoms with Crippen LogP contribution in [0.5, 0.6) is 0 Å². The predicted octanol–water partition coefficient (Wildman–Crippen LogP) is 2.93. The summed E-state index contributed by atoms with van der Waals surface area (Å²) in [4.78, 5) is 0. The molecule has 0 aromatic carbocycles. The summed E-state index contributed by atoms with van der Waals surface area (Å²) in [6.07, 6.45) is 7.26. The molecule has 0 radical (unpaired) electrons. The maximum absolute atomic E-state index is 7.39. The Bertz CT molecular complexity index is 286. The Hall–Kier alpha value is -0.570. The van der Waals surface area contributed by atoms with Gasteiger partial charge in [-0.05, 0) is 43.9 Å². The Morgan fingerprint density at radius 2 is 2.00 bits per heavy atom. The molecular formula is C14H26N2O. The van der Waals surface area contributed by atoms with E-state index in [4.69, 9.17) is 15.9 Å². The molecule has 0 aromatic rings. The van der Waals surface area contributed by atoms with Crippen LogP contribution in [-0.4, -0.2) is 18.5 Å². The second-order valence-corrected chi connectivity index (χ2v) is 6.40. The summed E-state index contributed by atoms with van der Waals surface area (Å²) in [5.74, 6) is 1.95. The van der Waals surface area contributed by atoms with Crippen molar-refractivity contribution in [1.29, 1.82) is 5.41 Å². The summed E-state index contributed by atoms with van der Waals surface area (Å²) in [7, 11) is 0. The Balaban J connectivity index is 1.73. The molecule has 2 aliphatic rings. The number of amidine groups is 1. The van der Waals surface area contributed by atoms with Gasteiger partial charge in [-0.1, -0.05) is 13.8 Å². The van der Waals surface area contributed by atoms with Crippen LogP contribution in [0.3, 0.4) is 0 Å². The van der Waals surface area contributed by atoms with Gasteiger partial charge < -0.3 is 10.5 Å². The molecule has 98 valence electrons. The largest absolute Gasteiger partial charge is 0.388 e. The molecule has 2 fully saturated rings. The fourth-order valence-electron chi connectivity index (χ4n) is 2.90. The zero-order valence-electron chi connectivity index (χ0n) is 11.2. The summed E-state index contributed by atoms with van der Waals surface area (Å²) in [5, 5.41) is 7.39. The monoisotopic (exact) mass is 238 g/mol. The summed E-state index contributed by atoms with van der Waals surface area (Å²) in [5.41, 5.74) is 5.73. The average molecular weight is 238 g/mol. The van der Waals surface area contributed by atoms with Gasteiger partial charge in [0.2, 0.25) is 0 Å². The minimum atomic E-state index is 0.234. The minimum Gasteiger partial charge on any atom is -0.388 e. The molecule has 0 amide bonds. The Morgan fingerprint density at radius 1 is 1.29 bits per heavy atom. The lowest BCUT2D eigenvalue weighted by Crippen LogP contribution is -2.29. The van der Waals surface area contributed by atoms with Crippen molar-refractivity contribution in [2.24, 2.45) is 23.0 Å². The molecule has 0 saturated heterocycles. The second-order valence-electron chi connectivity index (χ2n) is 6.40. The van der Waals surface area contributed by atoms with Gasteiger partial charge in [-0.2, -0.15) is 0 Å². The van der Waals surface area contributed by atoms with Crippen LogP contribution in [0.4, 0.5) is 0 Å². The molecule has 0 bridgehead atoms. The smallest absolute Gasteiger partial charge is 0.0911 e. The van der Waals surface area contributed by atoms with E-state index < -0.39 is 0 Å². The highest BCUT2D eigenvalue weighted by molar-refractivity contribution is 5.78. The van der Waals surface area contributed by atoms with Crippen molar-refractivity contribution in [3.05, 3.63) is 0 Å². The summed E-state index contributed by atoms with van der Waals surface area (Å²) in [6.45, 7) is 5.50. The number of nitrogens with one attached hydrogen (secondary N) is 1. The van der Waals surface area contributed by atoms with E-state index in [9.17, 15) is 0 Å². The summed E-state index contributed by atoms with van der Waals surface area (Å²) in [6, 6.07) is 0. The first-order valence-electron chi connectivity index (χ1n) is 6.95. The Kier molecular flexibility index (Phi) is 3.76. The van der Waals surface area contributed by atoms with Gasteiger partial charge in [0.25, 0.3) is 0 Å². The average Bonchev–Trinajstić information content (AvgIpc) is 2.99. The van der Waals surface area contributed by atoms with Crippen molar-refractivity contribution in [2.75, 3.05) is 6.61 Å². The zero-order chi connectivity index (χ0) is 12.5. The number of nitrogens with two attached hydrogens (primary N) is 1. The van der Waals surface area contributed by atoms with Crippen molar-refractivity contribution in [2.45, 2.75) is 58.5 Å². The third-order valence-corrected chi connectivity index (χ3v) is 4.70. The topological polar surface area (TPSA) is 59.1 Å². The molecular weight excluding hydrogens is 212 g/mol. The fraction of sp³-hybridized carbons (Fsp3) is 0.929. The molecule has 3 unspecified atom stereocenters. The summed E-state index contributed by atoms with van der Waals surface area (Å²) < 4.78 is 6.08. The van der Waals surface area contributed by atoms with Gasteiger partial charge in [0.05, 0.1) is 18.5 Å². The van der Waals surface area contributed by atoms with E-state index >= 15 is 0 Å². The first-order valence-corrected chi connectivity index (χ1v) is 6.95. The molecule has 0 heterocycles. The quantitative estimate of drug-likeness (QED) is 0.571. The molecule has 0 aliphatic heterocycles. The van der Waals surface area contributed by atoms with E-state index in [1.807, 2.05) is 0 Å². The van der Waals surface area contributed by atoms with Gasteiger partial charge in [-0.15, -0.1) is 0 Å². The lowest BCUT2D eigenvalue weighted by Gasteiger charge is -2.32. The maximum atomic E-state index is 7.39. The first kappa shape index (κ1) is 12.9. The maximum Gasteiger partial charge on any atom is 0.0911 e. The minimum absolute atomic E-state index is 0.234. The molecule has 3 nitrogen and oxygen atoms in total. The highest BCUT2D eigenvalue weighted by Crippen LogP contribution is 2.49. The van der Waals surface area contributed by atoms with Crippen LogP contribution < -0.4 is 5.73 Å². The number of hydrogen-bond donors (Lipinski definition) is 2. The van der Waals surface area contributed by atoms with Crippen LogP contribution in [0.1, 0.15) is 52.4 Å². The van der Waals surface area contributed by atoms with E-state index in [2.05, 4.69) is 13.8 Å². The zero-order valence-corrected chi connectivity index (χ0v) is 11.2. The van der Waals surface area contributed by atoms with E-state index in [1.54, 1.807) is 0 Å². The highest BCUT2D eigenvalue weighted by Gasteiger charge is 2.44. The molecule has 2 aliphatic carbocycles. The van der Waals surface area contributed by atoms with Crippen LogP contribution in [0.2, 0.25) is 0 Å². The van der Waals surface area contributed by atoms with Crippen molar-refractivity contribution in [1.82, 2.24) is 0 Å². The second kappa shape index (κ2) is 4.97. The Labute approximate surface area is 105 Å². The molecule has 3 N–H and O–H groups in total. The van der Waals surface area contributed by atoms with Gasteiger partial charge in [0.15, 0.2) is 0 Å². The third kappa shape index (κ3) is 3.44. The lowest BCUT2D eigenvalue weighted by molar-refractivity contribution is -0.0180. The van der Waals surface area contributed by atoms with Crippen LogP contribution in [0, 0.1) is 22.7 Å². The fourth-order valence-corrected chi connectivity index (χ4v) is 2.90. The molecule has 0 aromatic heterocycles. The molecule has 17 heavy (non-hydrogen) atoms. The van der Waals surface area contributed by atoms with Gasteiger partial charge in [-0.3, -0.25) is 5.41 Å². The van der Waals surface area contributed by atoms with Crippen LogP contribution in [0.15, 0.2) is 0 Å². The molecule has 0 spiro atoms. The SMILES string of the molecule is CC1CCC(OCC2(CC(=N)N)CC2)CC1C. The van der Waals surface area contributed by atoms with Crippen LogP contribution in [0.25, 0.3) is 0 Å². The Morgan fingerprint density at radius 3 is 2.53 bits per heavy atom. The van der Waals surface area contributed by atoms with Gasteiger partial charge in [-0.25, -0.2) is 0 Å². The number of rotatable bonds is 5. The van der Waals surface area contributed by atoms with E-state index in [0.717, 1.165) is 24.9 Å². The van der Waals surface area contributed by atoms with Crippen molar-refractivity contribution in [3.63, 3.8) is 0 Å². The van der Waals surface area contributed by atoms with Gasteiger partial charge >= 0.3 is 0 Å². The molecule has 3 atom stereocenters. The van der Waals surface area contributed by atoms with Crippen molar-refractivity contribution >= 4 is 5.84 Å². The van der Waals surface area contributed by atoms with Crippen LogP contribution >= 0.6 is 0 Å². The number of ether oxygens (including phenoxy) is 1. The van der Waals surface area contributed by atoms with Gasteiger partial charge in [0, 0.05) is 11.8 Å². The van der Waals surface area contributed by atoms with E-state index in [-0.39, 0.29) is 5.41 Å². The highest BCUT2D eigenvalue weighted by atomic mass is 16.5. The van der Waals surface area contributed by atoms with E-state index in [1.165, 1.54) is 32.1 Å².